The van der Waals surface area contributed by atoms with Crippen molar-refractivity contribution < 1.29 is 9.53 Å². The standard InChI is InChI=1S/C20H30N2O2/c1-20(2,3)24-19(23)22-14-8-12-18(22)17-11-7-13-21(17)15-16-9-5-4-6-10-16/h4-6,9-10,17-18H,7-8,11-15H2,1-3H3/t17-,18-/m1/s1. The Kier molecular flexibility index (Phi) is 5.14. The fraction of sp³-hybridized carbons (Fsp3) is 0.650. The Labute approximate surface area is 145 Å². The van der Waals surface area contributed by atoms with Gasteiger partial charge in [-0.2, -0.15) is 0 Å². The third-order valence-electron chi connectivity index (χ3n) is 5.01. The molecule has 0 aromatic heterocycles. The minimum absolute atomic E-state index is 0.142. The molecule has 4 heteroatoms. The molecule has 0 aliphatic carbocycles. The summed E-state index contributed by atoms with van der Waals surface area (Å²) in [6.07, 6.45) is 4.43. The minimum Gasteiger partial charge on any atom is -0.444 e. The first-order valence-corrected chi connectivity index (χ1v) is 9.22. The summed E-state index contributed by atoms with van der Waals surface area (Å²) >= 11 is 0. The summed E-state index contributed by atoms with van der Waals surface area (Å²) in [6.45, 7) is 8.74. The number of likely N-dealkylation sites (tertiary alicyclic amines) is 2. The molecule has 132 valence electrons. The molecule has 0 unspecified atom stereocenters. The zero-order valence-corrected chi connectivity index (χ0v) is 15.2. The van der Waals surface area contributed by atoms with Crippen LogP contribution in [-0.4, -0.2) is 46.7 Å². The van der Waals surface area contributed by atoms with Crippen molar-refractivity contribution in [1.29, 1.82) is 0 Å². The maximum absolute atomic E-state index is 12.6. The van der Waals surface area contributed by atoms with Crippen LogP contribution in [0.4, 0.5) is 4.79 Å². The Morgan fingerprint density at radius 1 is 1.08 bits per heavy atom. The van der Waals surface area contributed by atoms with Gasteiger partial charge in [0, 0.05) is 19.1 Å². The highest BCUT2D eigenvalue weighted by Gasteiger charge is 2.41. The van der Waals surface area contributed by atoms with Gasteiger partial charge in [-0.15, -0.1) is 0 Å². The minimum atomic E-state index is -0.427. The highest BCUT2D eigenvalue weighted by atomic mass is 16.6. The smallest absolute Gasteiger partial charge is 0.410 e. The predicted octanol–water partition coefficient (Wildman–Crippen LogP) is 4.05. The Hall–Kier alpha value is -1.55. The summed E-state index contributed by atoms with van der Waals surface area (Å²) in [4.78, 5) is 17.1. The van der Waals surface area contributed by atoms with Gasteiger partial charge in [0.1, 0.15) is 5.60 Å². The molecule has 2 fully saturated rings. The van der Waals surface area contributed by atoms with Gasteiger partial charge in [-0.05, 0) is 58.6 Å². The predicted molar refractivity (Wildman–Crippen MR) is 95.8 cm³/mol. The van der Waals surface area contributed by atoms with Gasteiger partial charge in [-0.25, -0.2) is 4.79 Å². The fourth-order valence-electron chi connectivity index (χ4n) is 4.04. The van der Waals surface area contributed by atoms with Crippen molar-refractivity contribution in [3.8, 4) is 0 Å². The van der Waals surface area contributed by atoms with Crippen LogP contribution in [-0.2, 0) is 11.3 Å². The number of nitrogens with zero attached hydrogens (tertiary/aromatic N) is 2. The van der Waals surface area contributed by atoms with E-state index in [4.69, 9.17) is 4.74 Å². The molecular weight excluding hydrogens is 300 g/mol. The van der Waals surface area contributed by atoms with E-state index in [0.29, 0.717) is 12.1 Å². The van der Waals surface area contributed by atoms with E-state index in [1.54, 1.807) is 0 Å². The number of rotatable bonds is 3. The lowest BCUT2D eigenvalue weighted by atomic mass is 10.0. The molecule has 4 nitrogen and oxygen atoms in total. The molecule has 2 aliphatic rings. The summed E-state index contributed by atoms with van der Waals surface area (Å²) in [5, 5.41) is 0. The van der Waals surface area contributed by atoms with Crippen molar-refractivity contribution in [3.05, 3.63) is 35.9 Å². The highest BCUT2D eigenvalue weighted by molar-refractivity contribution is 5.69. The Bertz CT molecular complexity index is 553. The van der Waals surface area contributed by atoms with E-state index in [-0.39, 0.29) is 6.09 Å². The molecule has 0 spiro atoms. The van der Waals surface area contributed by atoms with Crippen LogP contribution >= 0.6 is 0 Å². The first-order valence-electron chi connectivity index (χ1n) is 9.22. The summed E-state index contributed by atoms with van der Waals surface area (Å²) in [5.74, 6) is 0. The third kappa shape index (κ3) is 4.10. The number of hydrogen-bond donors (Lipinski definition) is 0. The van der Waals surface area contributed by atoms with Gasteiger partial charge in [0.05, 0.1) is 6.04 Å². The Morgan fingerprint density at radius 2 is 1.75 bits per heavy atom. The molecule has 0 N–H and O–H groups in total. The van der Waals surface area contributed by atoms with Crippen molar-refractivity contribution in [2.45, 2.75) is 70.7 Å². The van der Waals surface area contributed by atoms with E-state index in [0.717, 1.165) is 32.5 Å². The van der Waals surface area contributed by atoms with Crippen molar-refractivity contribution in [3.63, 3.8) is 0 Å². The van der Waals surface area contributed by atoms with Crippen LogP contribution in [0.3, 0.4) is 0 Å². The number of carbonyl (C=O) groups is 1. The summed E-state index contributed by atoms with van der Waals surface area (Å²) in [5.41, 5.74) is 0.926. The van der Waals surface area contributed by atoms with Crippen LogP contribution < -0.4 is 0 Å². The molecule has 0 bridgehead atoms. The normalized spacial score (nSPS) is 25.2. The van der Waals surface area contributed by atoms with E-state index >= 15 is 0 Å². The van der Waals surface area contributed by atoms with Gasteiger partial charge in [0.15, 0.2) is 0 Å². The molecule has 3 rings (SSSR count). The van der Waals surface area contributed by atoms with E-state index in [9.17, 15) is 4.79 Å². The maximum atomic E-state index is 12.6. The summed E-state index contributed by atoms with van der Waals surface area (Å²) < 4.78 is 5.63. The van der Waals surface area contributed by atoms with Crippen molar-refractivity contribution in [2.24, 2.45) is 0 Å². The molecule has 2 heterocycles. The summed E-state index contributed by atoms with van der Waals surface area (Å²) in [7, 11) is 0. The quantitative estimate of drug-likeness (QED) is 0.838. The molecular formula is C20H30N2O2. The van der Waals surface area contributed by atoms with Gasteiger partial charge < -0.3 is 9.64 Å². The number of hydrogen-bond acceptors (Lipinski definition) is 3. The second-order valence-electron chi connectivity index (χ2n) is 8.05. The van der Waals surface area contributed by atoms with Gasteiger partial charge in [-0.3, -0.25) is 4.90 Å². The molecule has 1 amide bonds. The first kappa shape index (κ1) is 17.3. The second kappa shape index (κ2) is 7.14. The maximum Gasteiger partial charge on any atom is 0.410 e. The first-order chi connectivity index (χ1) is 11.4. The van der Waals surface area contributed by atoms with Crippen LogP contribution in [0.25, 0.3) is 0 Å². The molecule has 24 heavy (non-hydrogen) atoms. The number of carbonyl (C=O) groups excluding carboxylic acids is 1. The van der Waals surface area contributed by atoms with E-state index in [1.165, 1.54) is 18.4 Å². The lowest BCUT2D eigenvalue weighted by Crippen LogP contribution is -2.49. The van der Waals surface area contributed by atoms with Crippen molar-refractivity contribution >= 4 is 6.09 Å². The topological polar surface area (TPSA) is 32.8 Å². The van der Waals surface area contributed by atoms with Gasteiger partial charge in [-0.1, -0.05) is 30.3 Å². The SMILES string of the molecule is CC(C)(C)OC(=O)N1CCC[C@@H]1[C@H]1CCCN1Cc1ccccc1. The van der Waals surface area contributed by atoms with E-state index in [1.807, 2.05) is 25.7 Å². The Morgan fingerprint density at radius 3 is 2.46 bits per heavy atom. The average Bonchev–Trinajstić information content (AvgIpc) is 3.14. The number of benzene rings is 1. The van der Waals surface area contributed by atoms with E-state index < -0.39 is 5.60 Å². The van der Waals surface area contributed by atoms with Gasteiger partial charge in [0.2, 0.25) is 0 Å². The molecule has 1 aromatic carbocycles. The molecule has 0 radical (unpaired) electrons. The largest absolute Gasteiger partial charge is 0.444 e. The lowest BCUT2D eigenvalue weighted by Gasteiger charge is -2.35. The second-order valence-corrected chi connectivity index (χ2v) is 8.05. The van der Waals surface area contributed by atoms with Crippen LogP contribution in [0.1, 0.15) is 52.0 Å². The Balaban J connectivity index is 1.68. The lowest BCUT2D eigenvalue weighted by molar-refractivity contribution is 0.0147. The zero-order chi connectivity index (χ0) is 17.2. The molecule has 2 saturated heterocycles. The average molecular weight is 330 g/mol. The van der Waals surface area contributed by atoms with Gasteiger partial charge >= 0.3 is 6.09 Å². The van der Waals surface area contributed by atoms with E-state index in [2.05, 4.69) is 35.2 Å². The van der Waals surface area contributed by atoms with Crippen molar-refractivity contribution in [2.75, 3.05) is 13.1 Å². The molecule has 0 saturated carbocycles. The summed E-state index contributed by atoms with van der Waals surface area (Å²) in [6, 6.07) is 11.4. The molecule has 2 aliphatic heterocycles. The third-order valence-corrected chi connectivity index (χ3v) is 5.01. The highest BCUT2D eigenvalue weighted by Crippen LogP contribution is 2.32. The molecule has 2 atom stereocenters. The van der Waals surface area contributed by atoms with Crippen LogP contribution in [0.15, 0.2) is 30.3 Å². The number of amides is 1. The molecule has 1 aromatic rings. The van der Waals surface area contributed by atoms with Crippen LogP contribution in [0, 0.1) is 0 Å². The number of ether oxygens (including phenoxy) is 1. The monoisotopic (exact) mass is 330 g/mol. The fourth-order valence-corrected chi connectivity index (χ4v) is 4.04. The van der Waals surface area contributed by atoms with Crippen LogP contribution in [0.2, 0.25) is 0 Å². The van der Waals surface area contributed by atoms with Gasteiger partial charge in [0.25, 0.3) is 0 Å². The zero-order valence-electron chi connectivity index (χ0n) is 15.2. The van der Waals surface area contributed by atoms with Crippen molar-refractivity contribution in [1.82, 2.24) is 9.80 Å². The van der Waals surface area contributed by atoms with Crippen LogP contribution in [0.5, 0.6) is 0 Å².